The van der Waals surface area contributed by atoms with E-state index in [0.717, 1.165) is 39.1 Å². The Morgan fingerprint density at radius 1 is 1.10 bits per heavy atom. The number of nitrogens with zero attached hydrogens (tertiary/aromatic N) is 2. The van der Waals surface area contributed by atoms with Crippen molar-refractivity contribution in [1.82, 2.24) is 9.80 Å². The molecule has 2 aliphatic heterocycles. The van der Waals surface area contributed by atoms with Gasteiger partial charge in [0.1, 0.15) is 5.75 Å². The van der Waals surface area contributed by atoms with E-state index in [9.17, 15) is 13.6 Å². The zero-order chi connectivity index (χ0) is 21.6. The minimum atomic E-state index is -2.86. The second-order valence-corrected chi connectivity index (χ2v) is 7.80. The molecular formula is C23H27F2N3O3. The summed E-state index contributed by atoms with van der Waals surface area (Å²) >= 11 is 0. The standard InChI is InChI=1S/C23H27F2N3O3/c24-23(25)31-18-9-7-17(8-10-18)26-21-6-2-1-5-20(21)22(29)28-13-11-27(12-14-28)16-19-4-3-15-30-19/h1-2,5-10,19,23,26H,3-4,11-16H2. The van der Waals surface area contributed by atoms with Gasteiger partial charge >= 0.3 is 6.61 Å². The Hall–Kier alpha value is -2.71. The highest BCUT2D eigenvalue weighted by Gasteiger charge is 2.26. The smallest absolute Gasteiger partial charge is 0.387 e. The highest BCUT2D eigenvalue weighted by molar-refractivity contribution is 6.00. The number of carbonyl (C=O) groups excluding carboxylic acids is 1. The first-order valence-electron chi connectivity index (χ1n) is 10.6. The van der Waals surface area contributed by atoms with E-state index >= 15 is 0 Å². The topological polar surface area (TPSA) is 54.0 Å². The molecule has 0 bridgehead atoms. The summed E-state index contributed by atoms with van der Waals surface area (Å²) in [5.41, 5.74) is 1.95. The number of ether oxygens (including phenoxy) is 2. The fourth-order valence-electron chi connectivity index (χ4n) is 4.03. The first-order chi connectivity index (χ1) is 15.1. The predicted octanol–water partition coefficient (Wildman–Crippen LogP) is 3.97. The Labute approximate surface area is 180 Å². The number of anilines is 2. The molecule has 0 aromatic heterocycles. The third-order valence-corrected chi connectivity index (χ3v) is 5.66. The maximum absolute atomic E-state index is 13.2. The zero-order valence-corrected chi connectivity index (χ0v) is 17.3. The van der Waals surface area contributed by atoms with Crippen molar-refractivity contribution in [3.05, 3.63) is 54.1 Å². The Bertz CT molecular complexity index is 865. The maximum Gasteiger partial charge on any atom is 0.387 e. The van der Waals surface area contributed by atoms with Crippen LogP contribution in [0.15, 0.2) is 48.5 Å². The maximum atomic E-state index is 13.2. The van der Waals surface area contributed by atoms with Gasteiger partial charge in [0.15, 0.2) is 0 Å². The van der Waals surface area contributed by atoms with Gasteiger partial charge in [-0.15, -0.1) is 0 Å². The van der Waals surface area contributed by atoms with Crippen LogP contribution in [0.25, 0.3) is 0 Å². The van der Waals surface area contributed by atoms with Crippen LogP contribution in [-0.2, 0) is 4.74 Å². The average molecular weight is 431 g/mol. The molecular weight excluding hydrogens is 404 g/mol. The number of para-hydroxylation sites is 1. The molecule has 0 spiro atoms. The summed E-state index contributed by atoms with van der Waals surface area (Å²) in [6.45, 7) is 1.97. The molecule has 1 unspecified atom stereocenters. The summed E-state index contributed by atoms with van der Waals surface area (Å²) in [5, 5.41) is 3.21. The van der Waals surface area contributed by atoms with Crippen LogP contribution in [0.4, 0.5) is 20.2 Å². The van der Waals surface area contributed by atoms with E-state index in [-0.39, 0.29) is 11.7 Å². The molecule has 2 aromatic rings. The molecule has 0 aliphatic carbocycles. The van der Waals surface area contributed by atoms with E-state index in [1.807, 2.05) is 23.1 Å². The van der Waals surface area contributed by atoms with E-state index in [1.54, 1.807) is 18.2 Å². The van der Waals surface area contributed by atoms with Gasteiger partial charge in [0.25, 0.3) is 5.91 Å². The quantitative estimate of drug-likeness (QED) is 0.719. The fraction of sp³-hybridized carbons (Fsp3) is 0.435. The minimum Gasteiger partial charge on any atom is -0.435 e. The Balaban J connectivity index is 1.37. The molecule has 1 atom stereocenters. The molecule has 0 radical (unpaired) electrons. The van der Waals surface area contributed by atoms with E-state index in [4.69, 9.17) is 4.74 Å². The molecule has 2 heterocycles. The van der Waals surface area contributed by atoms with Crippen molar-refractivity contribution in [1.29, 1.82) is 0 Å². The van der Waals surface area contributed by atoms with Crippen LogP contribution in [0.5, 0.6) is 5.75 Å². The monoisotopic (exact) mass is 431 g/mol. The third-order valence-electron chi connectivity index (χ3n) is 5.66. The first-order valence-corrected chi connectivity index (χ1v) is 10.6. The fourth-order valence-corrected chi connectivity index (χ4v) is 4.03. The lowest BCUT2D eigenvalue weighted by Gasteiger charge is -2.36. The summed E-state index contributed by atoms with van der Waals surface area (Å²) in [5.74, 6) is 0.0725. The van der Waals surface area contributed by atoms with E-state index in [1.165, 1.54) is 12.1 Å². The summed E-state index contributed by atoms with van der Waals surface area (Å²) in [6, 6.07) is 13.5. The lowest BCUT2D eigenvalue weighted by atomic mass is 10.1. The van der Waals surface area contributed by atoms with Crippen molar-refractivity contribution in [3.63, 3.8) is 0 Å². The van der Waals surface area contributed by atoms with Crippen molar-refractivity contribution in [2.24, 2.45) is 0 Å². The highest BCUT2D eigenvalue weighted by Crippen LogP contribution is 2.25. The number of rotatable bonds is 7. The predicted molar refractivity (Wildman–Crippen MR) is 114 cm³/mol. The number of carbonyl (C=O) groups is 1. The van der Waals surface area contributed by atoms with Crippen LogP contribution >= 0.6 is 0 Å². The van der Waals surface area contributed by atoms with Crippen molar-refractivity contribution >= 4 is 17.3 Å². The lowest BCUT2D eigenvalue weighted by Crippen LogP contribution is -2.50. The minimum absolute atomic E-state index is 0.0162. The van der Waals surface area contributed by atoms with Crippen LogP contribution in [0.1, 0.15) is 23.2 Å². The normalized spacial score (nSPS) is 19.6. The molecule has 166 valence electrons. The summed E-state index contributed by atoms with van der Waals surface area (Å²) in [7, 11) is 0. The number of piperazine rings is 1. The zero-order valence-electron chi connectivity index (χ0n) is 17.3. The Morgan fingerprint density at radius 2 is 1.84 bits per heavy atom. The van der Waals surface area contributed by atoms with Crippen molar-refractivity contribution < 1.29 is 23.0 Å². The number of amides is 1. The molecule has 2 aromatic carbocycles. The Kier molecular flexibility index (Phi) is 6.99. The summed E-state index contributed by atoms with van der Waals surface area (Å²) in [6.07, 6.45) is 2.58. The largest absolute Gasteiger partial charge is 0.435 e. The molecule has 2 fully saturated rings. The van der Waals surface area contributed by atoms with Crippen LogP contribution in [0.2, 0.25) is 0 Å². The molecule has 4 rings (SSSR count). The molecule has 2 saturated heterocycles. The number of hydrogen-bond donors (Lipinski definition) is 1. The van der Waals surface area contributed by atoms with Gasteiger partial charge in [0.05, 0.1) is 17.4 Å². The van der Waals surface area contributed by atoms with Gasteiger partial charge in [-0.2, -0.15) is 8.78 Å². The van der Waals surface area contributed by atoms with Crippen LogP contribution in [-0.4, -0.2) is 67.8 Å². The van der Waals surface area contributed by atoms with Gasteiger partial charge < -0.3 is 19.7 Å². The highest BCUT2D eigenvalue weighted by atomic mass is 19.3. The number of halogens is 2. The van der Waals surface area contributed by atoms with Crippen molar-refractivity contribution in [2.45, 2.75) is 25.6 Å². The van der Waals surface area contributed by atoms with Gasteiger partial charge in [-0.1, -0.05) is 12.1 Å². The van der Waals surface area contributed by atoms with Crippen LogP contribution in [0.3, 0.4) is 0 Å². The lowest BCUT2D eigenvalue weighted by molar-refractivity contribution is -0.0498. The van der Waals surface area contributed by atoms with Crippen molar-refractivity contribution in [2.75, 3.05) is 44.6 Å². The number of benzene rings is 2. The second kappa shape index (κ2) is 10.1. The van der Waals surface area contributed by atoms with Crippen LogP contribution < -0.4 is 10.1 Å². The van der Waals surface area contributed by atoms with Crippen LogP contribution in [0, 0.1) is 0 Å². The van der Waals surface area contributed by atoms with E-state index in [0.29, 0.717) is 36.1 Å². The molecule has 6 nitrogen and oxygen atoms in total. The molecule has 8 heteroatoms. The first kappa shape index (κ1) is 21.5. The third kappa shape index (κ3) is 5.71. The molecule has 31 heavy (non-hydrogen) atoms. The number of nitrogens with one attached hydrogen (secondary N) is 1. The summed E-state index contributed by atoms with van der Waals surface area (Å²) in [4.78, 5) is 17.4. The molecule has 2 aliphatic rings. The second-order valence-electron chi connectivity index (χ2n) is 7.80. The van der Waals surface area contributed by atoms with Gasteiger partial charge in [0.2, 0.25) is 0 Å². The Morgan fingerprint density at radius 3 is 2.52 bits per heavy atom. The molecule has 0 saturated carbocycles. The van der Waals surface area contributed by atoms with Gasteiger partial charge in [-0.3, -0.25) is 9.69 Å². The van der Waals surface area contributed by atoms with Crippen molar-refractivity contribution in [3.8, 4) is 5.75 Å². The van der Waals surface area contributed by atoms with E-state index < -0.39 is 6.61 Å². The van der Waals surface area contributed by atoms with E-state index in [2.05, 4.69) is 15.0 Å². The van der Waals surface area contributed by atoms with Gasteiger partial charge in [0, 0.05) is 45.0 Å². The SMILES string of the molecule is O=C(c1ccccc1Nc1ccc(OC(F)F)cc1)N1CCN(CC2CCCO2)CC1. The number of alkyl halides is 2. The summed E-state index contributed by atoms with van der Waals surface area (Å²) < 4.78 is 34.7. The molecule has 1 amide bonds. The van der Waals surface area contributed by atoms with Gasteiger partial charge in [-0.05, 0) is 49.2 Å². The average Bonchev–Trinajstić information content (AvgIpc) is 3.28. The number of hydrogen-bond acceptors (Lipinski definition) is 5. The molecule has 1 N–H and O–H groups in total. The van der Waals surface area contributed by atoms with Gasteiger partial charge in [-0.25, -0.2) is 0 Å².